The molecule has 0 radical (unpaired) electrons. The summed E-state index contributed by atoms with van der Waals surface area (Å²) in [7, 11) is -3.48. The summed E-state index contributed by atoms with van der Waals surface area (Å²) in [4.78, 5) is 0. The van der Waals surface area contributed by atoms with Crippen LogP contribution < -0.4 is 0 Å². The fraction of sp³-hybridized carbons (Fsp3) is 0.385. The van der Waals surface area contributed by atoms with Gasteiger partial charge < -0.3 is 0 Å². The minimum absolute atomic E-state index is 0.0975. The van der Waals surface area contributed by atoms with Crippen molar-refractivity contribution in [1.82, 2.24) is 0 Å². The molecule has 1 unspecified atom stereocenters. The SMILES string of the molecule is CCOP12(OC=CC1c1ccccc1)OCCO2. The predicted molar refractivity (Wildman–Crippen MR) is 69.9 cm³/mol. The molecular weight excluding hydrogens is 251 g/mol. The molecule has 0 amide bonds. The summed E-state index contributed by atoms with van der Waals surface area (Å²) in [6.45, 7) is 3.46. The Morgan fingerprint density at radius 3 is 2.61 bits per heavy atom. The second-order valence-electron chi connectivity index (χ2n) is 4.24. The Balaban J connectivity index is 2.05. The molecule has 18 heavy (non-hydrogen) atoms. The van der Waals surface area contributed by atoms with Gasteiger partial charge >= 0.3 is 106 Å². The first kappa shape index (κ1) is 12.1. The number of allylic oxidation sites excluding steroid dienone is 1. The molecule has 0 saturated carbocycles. The zero-order valence-electron chi connectivity index (χ0n) is 10.3. The summed E-state index contributed by atoms with van der Waals surface area (Å²) in [5, 5.41) is 0. The van der Waals surface area contributed by atoms with Crippen LogP contribution in [0, 0.1) is 0 Å². The summed E-state index contributed by atoms with van der Waals surface area (Å²) in [5.41, 5.74) is 0.999. The zero-order chi connectivity index (χ0) is 12.5. The van der Waals surface area contributed by atoms with Crippen molar-refractivity contribution < 1.29 is 18.1 Å². The van der Waals surface area contributed by atoms with Gasteiger partial charge in [-0.1, -0.05) is 0 Å². The second kappa shape index (κ2) is 4.32. The van der Waals surface area contributed by atoms with E-state index in [9.17, 15) is 0 Å². The van der Waals surface area contributed by atoms with Crippen molar-refractivity contribution in [3.63, 3.8) is 0 Å². The van der Waals surface area contributed by atoms with E-state index in [0.29, 0.717) is 19.8 Å². The maximum atomic E-state index is 5.91. The third-order valence-corrected chi connectivity index (χ3v) is 7.10. The van der Waals surface area contributed by atoms with Gasteiger partial charge in [-0.3, -0.25) is 0 Å². The van der Waals surface area contributed by atoms with Gasteiger partial charge in [-0.15, -0.1) is 0 Å². The first-order chi connectivity index (χ1) is 8.79. The fourth-order valence-electron chi connectivity index (χ4n) is 2.51. The Morgan fingerprint density at radius 1 is 1.22 bits per heavy atom. The van der Waals surface area contributed by atoms with Gasteiger partial charge in [-0.2, -0.15) is 0 Å². The normalized spacial score (nSPS) is 29.8. The van der Waals surface area contributed by atoms with Gasteiger partial charge in [-0.25, -0.2) is 0 Å². The Hall–Kier alpha value is -0.930. The van der Waals surface area contributed by atoms with E-state index in [1.807, 2.05) is 43.3 Å². The van der Waals surface area contributed by atoms with Crippen molar-refractivity contribution in [2.75, 3.05) is 19.8 Å². The van der Waals surface area contributed by atoms with Crippen LogP contribution >= 0.6 is 7.51 Å². The Kier molecular flexibility index (Phi) is 2.91. The molecule has 0 aromatic heterocycles. The molecule has 1 saturated heterocycles. The molecule has 1 atom stereocenters. The van der Waals surface area contributed by atoms with Crippen LogP contribution in [0.15, 0.2) is 42.7 Å². The van der Waals surface area contributed by atoms with Crippen LogP contribution in [0.4, 0.5) is 0 Å². The van der Waals surface area contributed by atoms with Crippen LogP contribution in [0.2, 0.25) is 0 Å². The fourth-order valence-corrected chi connectivity index (χ4v) is 6.10. The van der Waals surface area contributed by atoms with Crippen molar-refractivity contribution in [2.24, 2.45) is 0 Å². The molecule has 1 fully saturated rings. The van der Waals surface area contributed by atoms with E-state index in [1.54, 1.807) is 6.26 Å². The van der Waals surface area contributed by atoms with Gasteiger partial charge in [0.05, 0.1) is 0 Å². The van der Waals surface area contributed by atoms with Crippen LogP contribution in [-0.2, 0) is 18.1 Å². The third kappa shape index (κ3) is 1.61. The van der Waals surface area contributed by atoms with E-state index in [0.717, 1.165) is 5.56 Å². The topological polar surface area (TPSA) is 36.9 Å². The minimum atomic E-state index is -3.48. The number of rotatable bonds is 3. The van der Waals surface area contributed by atoms with E-state index in [4.69, 9.17) is 18.1 Å². The molecule has 2 heterocycles. The van der Waals surface area contributed by atoms with E-state index in [1.165, 1.54) is 0 Å². The summed E-state index contributed by atoms with van der Waals surface area (Å²) in [6, 6.07) is 10.1. The molecule has 1 aromatic carbocycles. The van der Waals surface area contributed by atoms with Crippen LogP contribution in [0.1, 0.15) is 18.1 Å². The van der Waals surface area contributed by atoms with Crippen LogP contribution in [-0.4, -0.2) is 19.8 Å². The summed E-state index contributed by atoms with van der Waals surface area (Å²) < 4.78 is 23.5. The molecule has 4 nitrogen and oxygen atoms in total. The van der Waals surface area contributed by atoms with Crippen molar-refractivity contribution in [2.45, 2.75) is 12.6 Å². The molecule has 2 aliphatic heterocycles. The Morgan fingerprint density at radius 2 is 1.94 bits per heavy atom. The molecule has 0 N–H and O–H groups in total. The standard InChI is InChI=1S/C13H17O4P/c1-2-14-18(16-10-11-17-18)13(8-9-15-18)12-6-4-3-5-7-12/h3-9,13H,2,10-11H2,1H3. The van der Waals surface area contributed by atoms with Crippen molar-refractivity contribution >= 4 is 7.51 Å². The second-order valence-corrected chi connectivity index (χ2v) is 7.52. The first-order valence-electron chi connectivity index (χ1n) is 6.16. The first-order valence-corrected chi connectivity index (χ1v) is 8.14. The molecule has 1 aromatic rings. The van der Waals surface area contributed by atoms with Crippen LogP contribution in [0.5, 0.6) is 0 Å². The van der Waals surface area contributed by atoms with E-state index < -0.39 is 7.51 Å². The molecule has 1 spiro atoms. The predicted octanol–water partition coefficient (Wildman–Crippen LogP) is 3.57. The molecule has 0 aliphatic carbocycles. The molecule has 3 rings (SSSR count). The van der Waals surface area contributed by atoms with Gasteiger partial charge in [0.25, 0.3) is 0 Å². The Bertz CT molecular complexity index is 453. The maximum absolute atomic E-state index is 5.91. The van der Waals surface area contributed by atoms with Gasteiger partial charge in [0.1, 0.15) is 0 Å². The van der Waals surface area contributed by atoms with E-state index >= 15 is 0 Å². The monoisotopic (exact) mass is 268 g/mol. The third-order valence-electron chi connectivity index (χ3n) is 3.20. The van der Waals surface area contributed by atoms with E-state index in [2.05, 4.69) is 0 Å². The van der Waals surface area contributed by atoms with Crippen molar-refractivity contribution in [3.8, 4) is 0 Å². The summed E-state index contributed by atoms with van der Waals surface area (Å²) in [6.07, 6.45) is 3.62. The van der Waals surface area contributed by atoms with Crippen LogP contribution in [0.3, 0.4) is 0 Å². The van der Waals surface area contributed by atoms with Gasteiger partial charge in [0, 0.05) is 0 Å². The summed E-state index contributed by atoms with van der Waals surface area (Å²) >= 11 is 0. The number of hydrogen-bond acceptors (Lipinski definition) is 4. The Labute approximate surface area is 107 Å². The molecule has 2 aliphatic rings. The number of benzene rings is 1. The van der Waals surface area contributed by atoms with Gasteiger partial charge in [0.15, 0.2) is 0 Å². The molecule has 98 valence electrons. The van der Waals surface area contributed by atoms with Crippen molar-refractivity contribution in [1.29, 1.82) is 0 Å². The molecule has 5 heteroatoms. The van der Waals surface area contributed by atoms with Crippen molar-refractivity contribution in [3.05, 3.63) is 48.2 Å². The molecule has 0 bridgehead atoms. The summed E-state index contributed by atoms with van der Waals surface area (Å²) in [5.74, 6) is 0. The zero-order valence-corrected chi connectivity index (χ0v) is 11.2. The quantitative estimate of drug-likeness (QED) is 0.785. The average Bonchev–Trinajstić information content (AvgIpc) is 2.98. The van der Waals surface area contributed by atoms with Crippen LogP contribution in [0.25, 0.3) is 0 Å². The average molecular weight is 268 g/mol. The molecular formula is C13H17O4P. The van der Waals surface area contributed by atoms with E-state index in [-0.39, 0.29) is 5.66 Å². The van der Waals surface area contributed by atoms with Gasteiger partial charge in [0.2, 0.25) is 0 Å². The van der Waals surface area contributed by atoms with Gasteiger partial charge in [-0.05, 0) is 0 Å². The number of hydrogen-bond donors (Lipinski definition) is 0.